The van der Waals surface area contributed by atoms with Crippen molar-refractivity contribution >= 4 is 16.9 Å². The average molecular weight is 365 g/mol. The number of nitrogens with one attached hydrogen (secondary N) is 1. The summed E-state index contributed by atoms with van der Waals surface area (Å²) in [6.45, 7) is 7.10. The number of para-hydroxylation sites is 2. The van der Waals surface area contributed by atoms with E-state index in [1.807, 2.05) is 37.3 Å². The van der Waals surface area contributed by atoms with E-state index in [4.69, 9.17) is 9.72 Å². The van der Waals surface area contributed by atoms with Gasteiger partial charge in [0, 0.05) is 13.5 Å². The lowest BCUT2D eigenvalue weighted by molar-refractivity contribution is -0.119. The fraction of sp³-hybridized carbons (Fsp3) is 0.364. The summed E-state index contributed by atoms with van der Waals surface area (Å²) in [5.41, 5.74) is 3.26. The Kier molecular flexibility index (Phi) is 6.12. The molecule has 0 aliphatic heterocycles. The molecule has 0 saturated carbocycles. The highest BCUT2D eigenvalue weighted by Gasteiger charge is 2.16. The summed E-state index contributed by atoms with van der Waals surface area (Å²) in [7, 11) is 0. The molecule has 0 radical (unpaired) electrons. The Hall–Kier alpha value is -2.82. The van der Waals surface area contributed by atoms with E-state index in [0.717, 1.165) is 42.0 Å². The van der Waals surface area contributed by atoms with Crippen molar-refractivity contribution in [1.29, 1.82) is 0 Å². The van der Waals surface area contributed by atoms with Gasteiger partial charge >= 0.3 is 0 Å². The number of rotatable bonds is 8. The van der Waals surface area contributed by atoms with Gasteiger partial charge in [-0.3, -0.25) is 4.79 Å². The third kappa shape index (κ3) is 4.88. The van der Waals surface area contributed by atoms with Crippen molar-refractivity contribution in [2.24, 2.45) is 0 Å². The average Bonchev–Trinajstić information content (AvgIpc) is 3.00. The molecule has 0 aliphatic rings. The van der Waals surface area contributed by atoms with E-state index in [9.17, 15) is 4.79 Å². The first-order valence-corrected chi connectivity index (χ1v) is 9.46. The molecular weight excluding hydrogens is 338 g/mol. The van der Waals surface area contributed by atoms with Crippen LogP contribution in [0.1, 0.15) is 44.1 Å². The fourth-order valence-corrected chi connectivity index (χ4v) is 3.30. The van der Waals surface area contributed by atoms with Crippen molar-refractivity contribution in [2.75, 3.05) is 6.61 Å². The molecule has 1 N–H and O–H groups in total. The number of hydrogen-bond acceptors (Lipinski definition) is 3. The third-order valence-corrected chi connectivity index (χ3v) is 4.53. The summed E-state index contributed by atoms with van der Waals surface area (Å²) < 4.78 is 8.05. The van der Waals surface area contributed by atoms with Crippen LogP contribution < -0.4 is 10.1 Å². The molecule has 0 fully saturated rings. The molecule has 5 heteroatoms. The van der Waals surface area contributed by atoms with Crippen LogP contribution in [-0.4, -0.2) is 22.1 Å². The van der Waals surface area contributed by atoms with E-state index in [1.54, 1.807) is 0 Å². The van der Waals surface area contributed by atoms with Gasteiger partial charge in [0.05, 0.1) is 23.7 Å². The standard InChI is InChI=1S/C22H27N3O2/c1-16-9-8-10-19(15-16)27-14-7-6-13-25-21-12-5-4-11-20(21)24-22(25)17(2)23-18(3)26/h4-5,8-12,15,17H,6-7,13-14H2,1-3H3,(H,23,26). The van der Waals surface area contributed by atoms with Gasteiger partial charge in [0.15, 0.2) is 0 Å². The number of benzene rings is 2. The van der Waals surface area contributed by atoms with Gasteiger partial charge in [-0.25, -0.2) is 4.98 Å². The van der Waals surface area contributed by atoms with Crippen LogP contribution in [0.4, 0.5) is 0 Å². The van der Waals surface area contributed by atoms with E-state index < -0.39 is 0 Å². The first-order chi connectivity index (χ1) is 13.0. The fourth-order valence-electron chi connectivity index (χ4n) is 3.30. The van der Waals surface area contributed by atoms with Crippen molar-refractivity contribution in [3.8, 4) is 5.75 Å². The monoisotopic (exact) mass is 365 g/mol. The second kappa shape index (κ2) is 8.71. The van der Waals surface area contributed by atoms with E-state index in [-0.39, 0.29) is 11.9 Å². The summed E-state index contributed by atoms with van der Waals surface area (Å²) in [5.74, 6) is 1.77. The first-order valence-electron chi connectivity index (χ1n) is 9.46. The van der Waals surface area contributed by atoms with Crippen molar-refractivity contribution in [1.82, 2.24) is 14.9 Å². The van der Waals surface area contributed by atoms with Gasteiger partial charge in [-0.1, -0.05) is 24.3 Å². The van der Waals surface area contributed by atoms with Gasteiger partial charge in [0.25, 0.3) is 0 Å². The molecule has 3 aromatic rings. The van der Waals surface area contributed by atoms with Gasteiger partial charge < -0.3 is 14.6 Å². The van der Waals surface area contributed by atoms with Gasteiger partial charge in [-0.05, 0) is 56.5 Å². The van der Waals surface area contributed by atoms with Crippen LogP contribution in [0.5, 0.6) is 5.75 Å². The highest BCUT2D eigenvalue weighted by atomic mass is 16.5. The zero-order chi connectivity index (χ0) is 19.2. The van der Waals surface area contributed by atoms with Crippen molar-refractivity contribution in [3.05, 3.63) is 59.9 Å². The molecule has 27 heavy (non-hydrogen) atoms. The molecule has 5 nitrogen and oxygen atoms in total. The van der Waals surface area contributed by atoms with Gasteiger partial charge in [0.1, 0.15) is 11.6 Å². The van der Waals surface area contributed by atoms with Gasteiger partial charge in [-0.15, -0.1) is 0 Å². The summed E-state index contributed by atoms with van der Waals surface area (Å²) in [6.07, 6.45) is 1.93. The van der Waals surface area contributed by atoms with Crippen LogP contribution in [-0.2, 0) is 11.3 Å². The van der Waals surface area contributed by atoms with E-state index in [2.05, 4.69) is 35.0 Å². The summed E-state index contributed by atoms with van der Waals surface area (Å²) >= 11 is 0. The highest BCUT2D eigenvalue weighted by molar-refractivity contribution is 5.77. The Bertz CT molecular complexity index is 917. The molecule has 1 atom stereocenters. The number of ether oxygens (including phenoxy) is 1. The van der Waals surface area contributed by atoms with Crippen LogP contribution in [0.15, 0.2) is 48.5 Å². The molecule has 1 heterocycles. The summed E-state index contributed by atoms with van der Waals surface area (Å²) in [6, 6.07) is 16.1. The van der Waals surface area contributed by atoms with Crippen molar-refractivity contribution in [2.45, 2.75) is 46.2 Å². The largest absolute Gasteiger partial charge is 0.494 e. The Balaban J connectivity index is 1.64. The minimum Gasteiger partial charge on any atom is -0.494 e. The molecular formula is C22H27N3O2. The number of imidazole rings is 1. The Morgan fingerprint density at radius 2 is 2.00 bits per heavy atom. The lowest BCUT2D eigenvalue weighted by Crippen LogP contribution is -2.26. The Morgan fingerprint density at radius 3 is 2.78 bits per heavy atom. The number of carbonyl (C=O) groups excluding carboxylic acids is 1. The second-order valence-corrected chi connectivity index (χ2v) is 6.90. The predicted molar refractivity (Wildman–Crippen MR) is 108 cm³/mol. The molecule has 0 spiro atoms. The number of unbranched alkanes of at least 4 members (excludes halogenated alkanes) is 1. The lowest BCUT2D eigenvalue weighted by atomic mass is 10.2. The quantitative estimate of drug-likeness (QED) is 0.602. The van der Waals surface area contributed by atoms with Crippen LogP contribution in [0.3, 0.4) is 0 Å². The van der Waals surface area contributed by atoms with Crippen LogP contribution in [0.2, 0.25) is 0 Å². The van der Waals surface area contributed by atoms with Crippen molar-refractivity contribution in [3.63, 3.8) is 0 Å². The topological polar surface area (TPSA) is 56.2 Å². The maximum absolute atomic E-state index is 11.4. The summed E-state index contributed by atoms with van der Waals surface area (Å²) in [5, 5.41) is 2.94. The SMILES string of the molecule is CC(=O)NC(C)c1nc2ccccc2n1CCCCOc1cccc(C)c1. The zero-order valence-electron chi connectivity index (χ0n) is 16.2. The van der Waals surface area contributed by atoms with E-state index >= 15 is 0 Å². The number of aryl methyl sites for hydroxylation is 2. The van der Waals surface area contributed by atoms with E-state index in [1.165, 1.54) is 12.5 Å². The number of carbonyl (C=O) groups is 1. The molecule has 0 aliphatic carbocycles. The zero-order valence-corrected chi connectivity index (χ0v) is 16.2. The number of nitrogens with zero attached hydrogens (tertiary/aromatic N) is 2. The normalized spacial score (nSPS) is 12.1. The van der Waals surface area contributed by atoms with Crippen LogP contribution in [0, 0.1) is 6.92 Å². The molecule has 2 aromatic carbocycles. The molecule has 142 valence electrons. The number of hydrogen-bond donors (Lipinski definition) is 1. The minimum absolute atomic E-state index is 0.0485. The lowest BCUT2D eigenvalue weighted by Gasteiger charge is -2.15. The Labute approximate surface area is 160 Å². The summed E-state index contributed by atoms with van der Waals surface area (Å²) in [4.78, 5) is 16.2. The second-order valence-electron chi connectivity index (χ2n) is 6.90. The maximum Gasteiger partial charge on any atom is 0.217 e. The number of amides is 1. The maximum atomic E-state index is 11.4. The number of fused-ring (bicyclic) bond motifs is 1. The molecule has 1 unspecified atom stereocenters. The van der Waals surface area contributed by atoms with Crippen LogP contribution in [0.25, 0.3) is 11.0 Å². The minimum atomic E-state index is -0.126. The molecule has 0 bridgehead atoms. The molecule has 1 aromatic heterocycles. The highest BCUT2D eigenvalue weighted by Crippen LogP contribution is 2.21. The first kappa shape index (κ1) is 19.0. The van der Waals surface area contributed by atoms with E-state index in [0.29, 0.717) is 6.61 Å². The predicted octanol–water partition coefficient (Wildman–Crippen LogP) is 4.40. The smallest absolute Gasteiger partial charge is 0.217 e. The molecule has 1 amide bonds. The number of aromatic nitrogens is 2. The van der Waals surface area contributed by atoms with Gasteiger partial charge in [-0.2, -0.15) is 0 Å². The molecule has 3 rings (SSSR count). The van der Waals surface area contributed by atoms with Crippen LogP contribution >= 0.6 is 0 Å². The molecule has 0 saturated heterocycles. The van der Waals surface area contributed by atoms with Gasteiger partial charge in [0.2, 0.25) is 5.91 Å². The van der Waals surface area contributed by atoms with Crippen molar-refractivity contribution < 1.29 is 9.53 Å². The Morgan fingerprint density at radius 1 is 1.19 bits per heavy atom. The third-order valence-electron chi connectivity index (χ3n) is 4.53.